The molecule has 0 radical (unpaired) electrons. The fraction of sp³-hybridized carbons (Fsp3) is 0.310. The summed E-state index contributed by atoms with van der Waals surface area (Å²) in [7, 11) is 1.63. The first-order valence-electron chi connectivity index (χ1n) is 12.6. The highest BCUT2D eigenvalue weighted by Crippen LogP contribution is 2.49. The van der Waals surface area contributed by atoms with E-state index in [0.717, 1.165) is 33.1 Å². The SMILES string of the molecule is COc1ccc(-n2nc(C(C)(C)C)c3c2N(CC(=O)NCc2cccnc2)C(=O)CSC3c2cccs2)cc1. The van der Waals surface area contributed by atoms with Crippen LogP contribution in [0.25, 0.3) is 5.69 Å². The fourth-order valence-corrected chi connectivity index (χ4v) is 6.72. The first-order chi connectivity index (χ1) is 18.8. The van der Waals surface area contributed by atoms with E-state index in [4.69, 9.17) is 9.84 Å². The number of thiophene rings is 1. The number of fused-ring (bicyclic) bond motifs is 1. The third kappa shape index (κ3) is 5.72. The normalized spacial score (nSPS) is 15.5. The Morgan fingerprint density at radius 1 is 1.15 bits per heavy atom. The maximum Gasteiger partial charge on any atom is 0.240 e. The molecule has 1 aromatic carbocycles. The molecule has 8 nitrogen and oxygen atoms in total. The smallest absolute Gasteiger partial charge is 0.240 e. The molecule has 202 valence electrons. The highest BCUT2D eigenvalue weighted by molar-refractivity contribution is 8.00. The van der Waals surface area contributed by atoms with Crippen molar-refractivity contribution in [2.45, 2.75) is 38.0 Å². The van der Waals surface area contributed by atoms with Gasteiger partial charge in [0, 0.05) is 34.8 Å². The Hall–Kier alpha value is -3.63. The molecule has 4 heterocycles. The molecule has 1 aliphatic rings. The van der Waals surface area contributed by atoms with E-state index in [1.165, 1.54) is 0 Å². The number of pyridine rings is 1. The summed E-state index contributed by atoms with van der Waals surface area (Å²) in [5.41, 5.74) is 3.24. The number of ether oxygens (including phenoxy) is 1. The number of carbonyl (C=O) groups is 2. The van der Waals surface area contributed by atoms with Crippen LogP contribution >= 0.6 is 23.1 Å². The molecule has 10 heteroatoms. The zero-order valence-electron chi connectivity index (χ0n) is 22.4. The van der Waals surface area contributed by atoms with Gasteiger partial charge in [0.2, 0.25) is 11.8 Å². The molecular weight excluding hydrogens is 530 g/mol. The molecule has 1 N–H and O–H groups in total. The van der Waals surface area contributed by atoms with E-state index >= 15 is 0 Å². The highest BCUT2D eigenvalue weighted by Gasteiger charge is 2.40. The molecule has 3 aromatic heterocycles. The van der Waals surface area contributed by atoms with E-state index in [1.54, 1.807) is 47.5 Å². The predicted molar refractivity (Wildman–Crippen MR) is 156 cm³/mol. The van der Waals surface area contributed by atoms with Crippen LogP contribution in [-0.4, -0.2) is 46.0 Å². The lowest BCUT2D eigenvalue weighted by Crippen LogP contribution is -2.42. The Kier molecular flexibility index (Phi) is 7.76. The minimum atomic E-state index is -0.306. The van der Waals surface area contributed by atoms with E-state index in [2.05, 4.69) is 42.5 Å². The molecular formula is C29H31N5O3S2. The van der Waals surface area contributed by atoms with Gasteiger partial charge in [0.25, 0.3) is 0 Å². The topological polar surface area (TPSA) is 89.3 Å². The van der Waals surface area contributed by atoms with Crippen molar-refractivity contribution < 1.29 is 14.3 Å². The number of rotatable bonds is 7. The van der Waals surface area contributed by atoms with Crippen LogP contribution in [0.5, 0.6) is 5.75 Å². The monoisotopic (exact) mass is 561 g/mol. The van der Waals surface area contributed by atoms with Crippen LogP contribution < -0.4 is 15.0 Å². The Morgan fingerprint density at radius 3 is 2.59 bits per heavy atom. The molecule has 0 saturated heterocycles. The molecule has 0 bridgehead atoms. The molecule has 0 fully saturated rings. The van der Waals surface area contributed by atoms with Crippen molar-refractivity contribution in [2.75, 3.05) is 24.3 Å². The zero-order valence-corrected chi connectivity index (χ0v) is 24.0. The van der Waals surface area contributed by atoms with E-state index in [1.807, 2.05) is 47.1 Å². The Bertz CT molecular complexity index is 1440. The number of nitrogens with zero attached hydrogens (tertiary/aromatic N) is 4. The van der Waals surface area contributed by atoms with Crippen LogP contribution in [-0.2, 0) is 21.5 Å². The number of benzene rings is 1. The van der Waals surface area contributed by atoms with Crippen molar-refractivity contribution in [1.82, 2.24) is 20.1 Å². The van der Waals surface area contributed by atoms with E-state index in [0.29, 0.717) is 12.4 Å². The molecule has 0 saturated carbocycles. The summed E-state index contributed by atoms with van der Waals surface area (Å²) in [6.45, 7) is 6.60. The summed E-state index contributed by atoms with van der Waals surface area (Å²) in [5.74, 6) is 1.22. The Balaban J connectivity index is 1.62. The lowest BCUT2D eigenvalue weighted by molar-refractivity contribution is -0.123. The highest BCUT2D eigenvalue weighted by atomic mass is 32.2. The summed E-state index contributed by atoms with van der Waals surface area (Å²) < 4.78 is 7.18. The lowest BCUT2D eigenvalue weighted by Gasteiger charge is -2.24. The zero-order chi connectivity index (χ0) is 27.6. The maximum absolute atomic E-state index is 13.7. The molecule has 5 rings (SSSR count). The van der Waals surface area contributed by atoms with Crippen molar-refractivity contribution in [3.8, 4) is 11.4 Å². The summed E-state index contributed by atoms with van der Waals surface area (Å²) in [4.78, 5) is 33.8. The van der Waals surface area contributed by atoms with Gasteiger partial charge in [0.1, 0.15) is 18.1 Å². The van der Waals surface area contributed by atoms with Gasteiger partial charge in [-0.1, -0.05) is 32.9 Å². The number of amides is 2. The van der Waals surface area contributed by atoms with Gasteiger partial charge in [-0.25, -0.2) is 4.68 Å². The van der Waals surface area contributed by atoms with Crippen molar-refractivity contribution in [3.05, 3.63) is 88.0 Å². The van der Waals surface area contributed by atoms with Crippen molar-refractivity contribution in [3.63, 3.8) is 0 Å². The van der Waals surface area contributed by atoms with Crippen molar-refractivity contribution in [1.29, 1.82) is 0 Å². The average molecular weight is 562 g/mol. The van der Waals surface area contributed by atoms with Gasteiger partial charge in [-0.15, -0.1) is 23.1 Å². The number of nitrogens with one attached hydrogen (secondary N) is 1. The number of hydrogen-bond donors (Lipinski definition) is 1. The standard InChI is InChI=1S/C29H31N5O3S2/c1-29(2,3)27-25-26(22-8-6-14-38-22)39-18-24(36)33(17-23(35)31-16-19-7-5-13-30-15-19)28(25)34(32-27)20-9-11-21(37-4)12-10-20/h5-15,26H,16-18H2,1-4H3,(H,31,35). The number of thioether (sulfide) groups is 1. The third-order valence-corrected chi connectivity index (χ3v) is 8.76. The maximum atomic E-state index is 13.7. The molecule has 39 heavy (non-hydrogen) atoms. The van der Waals surface area contributed by atoms with Gasteiger partial charge in [-0.3, -0.25) is 19.5 Å². The predicted octanol–water partition coefficient (Wildman–Crippen LogP) is 5.12. The number of carbonyl (C=O) groups excluding carboxylic acids is 2. The lowest BCUT2D eigenvalue weighted by atomic mass is 9.88. The van der Waals surface area contributed by atoms with Crippen molar-refractivity contribution >= 4 is 40.7 Å². The first kappa shape index (κ1) is 27.0. The molecule has 1 atom stereocenters. The van der Waals surface area contributed by atoms with Crippen LogP contribution in [0, 0.1) is 0 Å². The molecule has 1 unspecified atom stereocenters. The average Bonchev–Trinajstić information content (AvgIpc) is 3.58. The number of aromatic nitrogens is 3. The quantitative estimate of drug-likeness (QED) is 0.337. The Labute approximate surface area is 236 Å². The fourth-order valence-electron chi connectivity index (χ4n) is 4.54. The molecule has 1 aliphatic heterocycles. The van der Waals surface area contributed by atoms with Gasteiger partial charge < -0.3 is 10.1 Å². The van der Waals surface area contributed by atoms with E-state index < -0.39 is 0 Å². The molecule has 0 spiro atoms. The summed E-state index contributed by atoms with van der Waals surface area (Å²) in [6, 6.07) is 15.4. The van der Waals surface area contributed by atoms with Crippen LogP contribution in [0.4, 0.5) is 5.82 Å². The van der Waals surface area contributed by atoms with Crippen LogP contribution in [0.3, 0.4) is 0 Å². The number of anilines is 1. The number of hydrogen-bond acceptors (Lipinski definition) is 7. The van der Waals surface area contributed by atoms with Crippen molar-refractivity contribution in [2.24, 2.45) is 0 Å². The molecule has 4 aromatic rings. The minimum Gasteiger partial charge on any atom is -0.497 e. The van der Waals surface area contributed by atoms with Gasteiger partial charge in [0.15, 0.2) is 0 Å². The second-order valence-electron chi connectivity index (χ2n) is 10.3. The van der Waals surface area contributed by atoms with Gasteiger partial charge in [-0.2, -0.15) is 5.10 Å². The van der Waals surface area contributed by atoms with Crippen LogP contribution in [0.15, 0.2) is 66.3 Å². The second-order valence-corrected chi connectivity index (χ2v) is 12.3. The minimum absolute atomic E-state index is 0.0892. The van der Waals surface area contributed by atoms with Gasteiger partial charge >= 0.3 is 0 Å². The van der Waals surface area contributed by atoms with Crippen LogP contribution in [0.1, 0.15) is 47.7 Å². The number of methoxy groups -OCH3 is 1. The molecule has 0 aliphatic carbocycles. The van der Waals surface area contributed by atoms with Gasteiger partial charge in [-0.05, 0) is 47.3 Å². The van der Waals surface area contributed by atoms with E-state index in [9.17, 15) is 9.59 Å². The second kappa shape index (κ2) is 11.2. The molecule has 2 amide bonds. The first-order valence-corrected chi connectivity index (χ1v) is 14.6. The summed E-state index contributed by atoms with van der Waals surface area (Å²) >= 11 is 3.25. The Morgan fingerprint density at radius 2 is 1.95 bits per heavy atom. The summed E-state index contributed by atoms with van der Waals surface area (Å²) in [5, 5.41) is 10.0. The van der Waals surface area contributed by atoms with Gasteiger partial charge in [0.05, 0.1) is 29.5 Å². The largest absolute Gasteiger partial charge is 0.497 e. The summed E-state index contributed by atoms with van der Waals surface area (Å²) in [6.07, 6.45) is 3.41. The van der Waals surface area contributed by atoms with E-state index in [-0.39, 0.29) is 34.8 Å². The van der Waals surface area contributed by atoms with Crippen LogP contribution in [0.2, 0.25) is 0 Å². The third-order valence-electron chi connectivity index (χ3n) is 6.43.